The predicted molar refractivity (Wildman–Crippen MR) is 62.6 cm³/mol. The van der Waals surface area contributed by atoms with Crippen molar-refractivity contribution < 1.29 is 0 Å². The SMILES string of the molecule is C=N\C=C/C(=C/C=C/C)C(/C=N)=C/N. The molecule has 0 fully saturated rings. The molecule has 3 N–H and O–H groups in total. The van der Waals surface area contributed by atoms with Gasteiger partial charge in [-0.15, -0.1) is 0 Å². The van der Waals surface area contributed by atoms with Crippen LogP contribution in [-0.4, -0.2) is 12.9 Å². The van der Waals surface area contributed by atoms with Gasteiger partial charge in [0.15, 0.2) is 0 Å². The number of aliphatic imine (C=N–C) groups is 1. The van der Waals surface area contributed by atoms with Gasteiger partial charge < -0.3 is 11.1 Å². The topological polar surface area (TPSA) is 62.2 Å². The third kappa shape index (κ3) is 4.21. The molecule has 0 aromatic carbocycles. The van der Waals surface area contributed by atoms with Crippen LogP contribution in [0.2, 0.25) is 0 Å². The van der Waals surface area contributed by atoms with E-state index < -0.39 is 0 Å². The van der Waals surface area contributed by atoms with Gasteiger partial charge in [0.05, 0.1) is 0 Å². The van der Waals surface area contributed by atoms with Crippen LogP contribution in [0.15, 0.2) is 52.8 Å². The minimum atomic E-state index is 0.642. The lowest BCUT2D eigenvalue weighted by Crippen LogP contribution is -1.92. The van der Waals surface area contributed by atoms with Gasteiger partial charge in [0.1, 0.15) is 0 Å². The van der Waals surface area contributed by atoms with Crippen LogP contribution in [0.5, 0.6) is 0 Å². The Labute approximate surface area is 84.6 Å². The second kappa shape index (κ2) is 7.73. The van der Waals surface area contributed by atoms with E-state index in [-0.39, 0.29) is 0 Å². The van der Waals surface area contributed by atoms with E-state index in [9.17, 15) is 0 Å². The van der Waals surface area contributed by atoms with Crippen LogP contribution in [0.4, 0.5) is 0 Å². The minimum absolute atomic E-state index is 0.642. The number of nitrogens with zero attached hydrogens (tertiary/aromatic N) is 1. The summed E-state index contributed by atoms with van der Waals surface area (Å²) in [7, 11) is 0. The van der Waals surface area contributed by atoms with E-state index in [0.717, 1.165) is 5.57 Å². The lowest BCUT2D eigenvalue weighted by molar-refractivity contribution is 1.45. The molecule has 3 heteroatoms. The number of allylic oxidation sites excluding steroid dienone is 6. The van der Waals surface area contributed by atoms with Gasteiger partial charge in [0.25, 0.3) is 0 Å². The fourth-order valence-corrected chi connectivity index (χ4v) is 0.809. The average Bonchev–Trinajstić information content (AvgIpc) is 2.22. The number of nitrogens with two attached hydrogens (primary N) is 1. The fraction of sp³-hybridized carbons (Fsp3) is 0.0909. The molecule has 0 aliphatic heterocycles. The van der Waals surface area contributed by atoms with Gasteiger partial charge in [-0.3, -0.25) is 4.99 Å². The van der Waals surface area contributed by atoms with Gasteiger partial charge in [0.2, 0.25) is 0 Å². The van der Waals surface area contributed by atoms with Crippen LogP contribution in [0, 0.1) is 5.41 Å². The summed E-state index contributed by atoms with van der Waals surface area (Å²) in [6.45, 7) is 5.25. The molecule has 74 valence electrons. The Morgan fingerprint density at radius 2 is 2.14 bits per heavy atom. The molecule has 0 radical (unpaired) electrons. The molecule has 0 saturated heterocycles. The van der Waals surface area contributed by atoms with E-state index >= 15 is 0 Å². The highest BCUT2D eigenvalue weighted by atomic mass is 14.6. The highest BCUT2D eigenvalue weighted by molar-refractivity contribution is 5.83. The van der Waals surface area contributed by atoms with Gasteiger partial charge in [-0.05, 0) is 25.3 Å². The van der Waals surface area contributed by atoms with Crippen molar-refractivity contribution in [2.45, 2.75) is 6.92 Å². The second-order valence-corrected chi connectivity index (χ2v) is 2.41. The second-order valence-electron chi connectivity index (χ2n) is 2.41. The molecule has 0 unspecified atom stereocenters. The van der Waals surface area contributed by atoms with E-state index in [1.165, 1.54) is 12.4 Å². The molecule has 0 spiro atoms. The van der Waals surface area contributed by atoms with Crippen molar-refractivity contribution in [2.24, 2.45) is 10.7 Å². The van der Waals surface area contributed by atoms with E-state index in [2.05, 4.69) is 11.7 Å². The Morgan fingerprint density at radius 3 is 2.57 bits per heavy atom. The van der Waals surface area contributed by atoms with Gasteiger partial charge in [-0.1, -0.05) is 18.2 Å². The van der Waals surface area contributed by atoms with Crippen molar-refractivity contribution >= 4 is 12.9 Å². The van der Waals surface area contributed by atoms with Crippen molar-refractivity contribution in [1.82, 2.24) is 0 Å². The molecular weight excluding hydrogens is 174 g/mol. The first-order valence-electron chi connectivity index (χ1n) is 4.18. The van der Waals surface area contributed by atoms with Crippen LogP contribution < -0.4 is 5.73 Å². The van der Waals surface area contributed by atoms with Gasteiger partial charge in [-0.25, -0.2) is 0 Å². The number of nitrogens with one attached hydrogen (secondary N) is 1. The summed E-state index contributed by atoms with van der Waals surface area (Å²) in [5.41, 5.74) is 6.84. The summed E-state index contributed by atoms with van der Waals surface area (Å²) in [4.78, 5) is 3.60. The maximum atomic E-state index is 7.14. The average molecular weight is 189 g/mol. The summed E-state index contributed by atoms with van der Waals surface area (Å²) in [6, 6.07) is 0. The molecule has 0 saturated carbocycles. The summed E-state index contributed by atoms with van der Waals surface area (Å²) < 4.78 is 0. The standard InChI is InChI=1S/C11H15N3/c1-3-4-5-10(6-7-14-2)11(8-12)9-13/h3-9,12H,2,13H2,1H3/b4-3+,7-6-,10-5-,11-9+,12-8?. The predicted octanol–water partition coefficient (Wildman–Crippen LogP) is 2.20. The number of hydrogen-bond acceptors (Lipinski definition) is 3. The minimum Gasteiger partial charge on any atom is -0.404 e. The fourth-order valence-electron chi connectivity index (χ4n) is 0.809. The van der Waals surface area contributed by atoms with Crippen LogP contribution >= 0.6 is 0 Å². The molecular formula is C11H15N3. The monoisotopic (exact) mass is 189 g/mol. The summed E-state index contributed by atoms with van der Waals surface area (Å²) in [5, 5.41) is 7.14. The quantitative estimate of drug-likeness (QED) is 0.505. The maximum Gasteiger partial charge on any atom is 0.0270 e. The Hall–Kier alpha value is -1.90. The van der Waals surface area contributed by atoms with Crippen molar-refractivity contribution in [1.29, 1.82) is 5.41 Å². The van der Waals surface area contributed by atoms with Crippen molar-refractivity contribution in [2.75, 3.05) is 0 Å². The van der Waals surface area contributed by atoms with E-state index in [1.807, 2.05) is 25.2 Å². The zero-order valence-electron chi connectivity index (χ0n) is 8.27. The van der Waals surface area contributed by atoms with E-state index in [4.69, 9.17) is 11.1 Å². The molecule has 0 atom stereocenters. The zero-order valence-corrected chi connectivity index (χ0v) is 8.27. The molecule has 0 aliphatic rings. The van der Waals surface area contributed by atoms with Gasteiger partial charge >= 0.3 is 0 Å². The summed E-state index contributed by atoms with van der Waals surface area (Å²) in [5.74, 6) is 0. The largest absolute Gasteiger partial charge is 0.404 e. The smallest absolute Gasteiger partial charge is 0.0270 e. The molecule has 0 aromatic rings. The van der Waals surface area contributed by atoms with Gasteiger partial charge in [-0.2, -0.15) is 0 Å². The normalized spacial score (nSPS) is 13.8. The Balaban J connectivity index is 4.98. The first kappa shape index (κ1) is 12.1. The summed E-state index contributed by atoms with van der Waals surface area (Å²) >= 11 is 0. The van der Waals surface area contributed by atoms with Crippen LogP contribution in [-0.2, 0) is 0 Å². The molecule has 0 aliphatic carbocycles. The lowest BCUT2D eigenvalue weighted by atomic mass is 10.1. The van der Waals surface area contributed by atoms with Crippen molar-refractivity contribution in [3.05, 3.63) is 47.9 Å². The van der Waals surface area contributed by atoms with E-state index in [0.29, 0.717) is 5.57 Å². The lowest BCUT2D eigenvalue weighted by Gasteiger charge is -1.99. The van der Waals surface area contributed by atoms with Crippen molar-refractivity contribution in [3.8, 4) is 0 Å². The Kier molecular flexibility index (Phi) is 6.68. The van der Waals surface area contributed by atoms with Crippen LogP contribution in [0.25, 0.3) is 0 Å². The first-order chi connectivity index (χ1) is 6.79. The molecule has 0 aromatic heterocycles. The number of rotatable bonds is 5. The number of hydrogen-bond donors (Lipinski definition) is 2. The molecule has 0 amide bonds. The first-order valence-corrected chi connectivity index (χ1v) is 4.18. The molecule has 0 rings (SSSR count). The van der Waals surface area contributed by atoms with Crippen molar-refractivity contribution in [3.63, 3.8) is 0 Å². The van der Waals surface area contributed by atoms with Gasteiger partial charge in [0, 0.05) is 24.2 Å². The highest BCUT2D eigenvalue weighted by Crippen LogP contribution is 2.08. The molecule has 0 bridgehead atoms. The third-order valence-electron chi connectivity index (χ3n) is 1.50. The zero-order chi connectivity index (χ0) is 10.8. The third-order valence-corrected chi connectivity index (χ3v) is 1.50. The van der Waals surface area contributed by atoms with Crippen LogP contribution in [0.3, 0.4) is 0 Å². The Bertz CT molecular complexity index is 306. The van der Waals surface area contributed by atoms with E-state index in [1.54, 1.807) is 12.3 Å². The van der Waals surface area contributed by atoms with Crippen LogP contribution in [0.1, 0.15) is 6.92 Å². The molecule has 0 heterocycles. The Morgan fingerprint density at radius 1 is 1.43 bits per heavy atom. The maximum absolute atomic E-state index is 7.14. The highest BCUT2D eigenvalue weighted by Gasteiger charge is 1.95. The molecule has 14 heavy (non-hydrogen) atoms. The molecule has 3 nitrogen and oxygen atoms in total. The summed E-state index contributed by atoms with van der Waals surface area (Å²) in [6.07, 6.45) is 11.5.